The number of benzene rings is 2. The number of carbonyl (C=O) groups excluding carboxylic acids is 1. The summed E-state index contributed by atoms with van der Waals surface area (Å²) in [5.74, 6) is -0.462. The summed E-state index contributed by atoms with van der Waals surface area (Å²) in [6.45, 7) is 0.140. The molecule has 0 aliphatic heterocycles. The number of alkyl halides is 3. The number of amides is 1. The van der Waals surface area contributed by atoms with Crippen LogP contribution in [-0.4, -0.2) is 25.5 Å². The van der Waals surface area contributed by atoms with Gasteiger partial charge in [-0.2, -0.15) is 23.4 Å². The smallest absolute Gasteiger partial charge is 0.416 e. The van der Waals surface area contributed by atoms with E-state index in [0.29, 0.717) is 27.8 Å². The third-order valence-electron chi connectivity index (χ3n) is 4.67. The summed E-state index contributed by atoms with van der Waals surface area (Å²) >= 11 is 12.4. The zero-order valence-corrected chi connectivity index (χ0v) is 18.8. The van der Waals surface area contributed by atoms with Crippen LogP contribution in [0.1, 0.15) is 21.6 Å². The van der Waals surface area contributed by atoms with Crippen LogP contribution < -0.4 is 10.1 Å². The van der Waals surface area contributed by atoms with Gasteiger partial charge in [0.15, 0.2) is 12.4 Å². The Morgan fingerprint density at radius 2 is 1.79 bits per heavy atom. The maximum Gasteiger partial charge on any atom is 0.416 e. The number of nitrogens with zero attached hydrogens (tertiary/aromatic N) is 4. The van der Waals surface area contributed by atoms with E-state index in [1.54, 1.807) is 29.1 Å². The summed E-state index contributed by atoms with van der Waals surface area (Å²) in [7, 11) is 0. The zero-order valence-electron chi connectivity index (χ0n) is 17.3. The molecule has 2 aromatic carbocycles. The van der Waals surface area contributed by atoms with E-state index in [1.165, 1.54) is 35.3 Å². The van der Waals surface area contributed by atoms with Crippen LogP contribution in [0.15, 0.2) is 67.1 Å². The maximum atomic E-state index is 12.8. The summed E-state index contributed by atoms with van der Waals surface area (Å²) in [5, 5.41) is 12.0. The Bertz CT molecular complexity index is 1300. The monoisotopic (exact) mass is 509 g/mol. The molecule has 0 saturated carbocycles. The van der Waals surface area contributed by atoms with Crippen LogP contribution in [0, 0.1) is 0 Å². The predicted octanol–water partition coefficient (Wildman–Crippen LogP) is 5.74. The second-order valence-electron chi connectivity index (χ2n) is 7.12. The Kier molecular flexibility index (Phi) is 6.80. The van der Waals surface area contributed by atoms with Crippen molar-refractivity contribution in [2.24, 2.45) is 0 Å². The van der Waals surface area contributed by atoms with Crippen molar-refractivity contribution in [3.05, 3.63) is 94.0 Å². The van der Waals surface area contributed by atoms with Crippen molar-refractivity contribution in [1.29, 1.82) is 0 Å². The number of carbonyl (C=O) groups is 1. The molecule has 4 rings (SSSR count). The van der Waals surface area contributed by atoms with Crippen molar-refractivity contribution in [2.45, 2.75) is 19.5 Å². The van der Waals surface area contributed by atoms with E-state index in [1.807, 2.05) is 0 Å². The van der Waals surface area contributed by atoms with Gasteiger partial charge in [-0.3, -0.25) is 9.48 Å². The van der Waals surface area contributed by atoms with Gasteiger partial charge < -0.3 is 10.1 Å². The van der Waals surface area contributed by atoms with Crippen molar-refractivity contribution in [1.82, 2.24) is 19.6 Å². The number of rotatable bonds is 7. The summed E-state index contributed by atoms with van der Waals surface area (Å²) in [6, 6.07) is 11.1. The highest BCUT2D eigenvalue weighted by Crippen LogP contribution is 2.31. The molecule has 0 aliphatic carbocycles. The Morgan fingerprint density at radius 1 is 1.06 bits per heavy atom. The van der Waals surface area contributed by atoms with Gasteiger partial charge in [0.1, 0.15) is 5.75 Å². The van der Waals surface area contributed by atoms with Gasteiger partial charge in [0, 0.05) is 28.0 Å². The van der Waals surface area contributed by atoms with E-state index in [0.717, 1.165) is 12.1 Å². The molecule has 0 bridgehead atoms. The van der Waals surface area contributed by atoms with Crippen molar-refractivity contribution in [3.63, 3.8) is 0 Å². The average molecular weight is 510 g/mol. The Balaban J connectivity index is 1.35. The number of aromatic nitrogens is 4. The summed E-state index contributed by atoms with van der Waals surface area (Å²) < 4.78 is 46.7. The number of anilines is 1. The third-order valence-corrected chi connectivity index (χ3v) is 5.38. The molecule has 176 valence electrons. The minimum atomic E-state index is -4.47. The Morgan fingerprint density at radius 3 is 2.53 bits per heavy atom. The fraction of sp³-hybridized carbons (Fsp3) is 0.136. The molecule has 0 atom stereocenters. The van der Waals surface area contributed by atoms with Gasteiger partial charge in [0.2, 0.25) is 0 Å². The first kappa shape index (κ1) is 23.7. The van der Waals surface area contributed by atoms with Gasteiger partial charge in [0.05, 0.1) is 24.0 Å². The van der Waals surface area contributed by atoms with Crippen LogP contribution >= 0.6 is 23.2 Å². The third kappa shape index (κ3) is 5.70. The molecule has 12 heteroatoms. The second kappa shape index (κ2) is 9.78. The molecular formula is C22H16Cl2F3N5O2. The second-order valence-corrected chi connectivity index (χ2v) is 7.93. The lowest BCUT2D eigenvalue weighted by molar-refractivity contribution is -0.137. The van der Waals surface area contributed by atoms with Crippen molar-refractivity contribution in [3.8, 4) is 5.75 Å². The molecular weight excluding hydrogens is 494 g/mol. The van der Waals surface area contributed by atoms with E-state index >= 15 is 0 Å². The van der Waals surface area contributed by atoms with E-state index in [4.69, 9.17) is 27.9 Å². The van der Waals surface area contributed by atoms with E-state index in [-0.39, 0.29) is 18.2 Å². The topological polar surface area (TPSA) is 74.0 Å². The van der Waals surface area contributed by atoms with E-state index in [2.05, 4.69) is 15.5 Å². The molecule has 2 aromatic heterocycles. The molecule has 4 aromatic rings. The number of nitrogens with one attached hydrogen (secondary N) is 1. The van der Waals surface area contributed by atoms with Crippen LogP contribution in [0.25, 0.3) is 0 Å². The molecule has 34 heavy (non-hydrogen) atoms. The minimum Gasteiger partial charge on any atom is -0.471 e. The van der Waals surface area contributed by atoms with Gasteiger partial charge in [0.25, 0.3) is 5.91 Å². The molecule has 0 unspecified atom stereocenters. The van der Waals surface area contributed by atoms with Crippen LogP contribution in [0.3, 0.4) is 0 Å². The number of ether oxygens (including phenoxy) is 1. The van der Waals surface area contributed by atoms with Gasteiger partial charge in [-0.15, -0.1) is 0 Å². The highest BCUT2D eigenvalue weighted by Gasteiger charge is 2.30. The fourth-order valence-corrected chi connectivity index (χ4v) is 3.53. The minimum absolute atomic E-state index is 0.0300. The highest BCUT2D eigenvalue weighted by atomic mass is 35.5. The quantitative estimate of drug-likeness (QED) is 0.344. The van der Waals surface area contributed by atoms with Crippen LogP contribution in [0.4, 0.5) is 18.9 Å². The molecule has 1 amide bonds. The number of hydrogen-bond acceptors (Lipinski definition) is 4. The lowest BCUT2D eigenvalue weighted by Gasteiger charge is -2.10. The maximum absolute atomic E-state index is 12.8. The van der Waals surface area contributed by atoms with Crippen LogP contribution in [-0.2, 0) is 19.5 Å². The predicted molar refractivity (Wildman–Crippen MR) is 120 cm³/mol. The first-order chi connectivity index (χ1) is 16.2. The summed E-state index contributed by atoms with van der Waals surface area (Å²) in [4.78, 5) is 12.5. The van der Waals surface area contributed by atoms with Crippen LogP contribution in [0.2, 0.25) is 10.0 Å². The molecule has 0 saturated heterocycles. The lowest BCUT2D eigenvalue weighted by atomic mass is 10.2. The Hall–Kier alpha value is -3.50. The normalized spacial score (nSPS) is 11.4. The van der Waals surface area contributed by atoms with Gasteiger partial charge in [-0.05, 0) is 36.4 Å². The number of hydrogen-bond donors (Lipinski definition) is 1. The average Bonchev–Trinajstić information content (AvgIpc) is 3.44. The molecule has 0 aliphatic rings. The van der Waals surface area contributed by atoms with E-state index < -0.39 is 17.6 Å². The zero-order chi connectivity index (χ0) is 24.3. The van der Waals surface area contributed by atoms with Crippen molar-refractivity contribution >= 4 is 34.8 Å². The Labute approximate surface area is 201 Å². The molecule has 1 N–H and O–H groups in total. The van der Waals surface area contributed by atoms with Gasteiger partial charge in [-0.1, -0.05) is 35.3 Å². The van der Waals surface area contributed by atoms with Crippen LogP contribution in [0.5, 0.6) is 5.75 Å². The van der Waals surface area contributed by atoms with Crippen molar-refractivity contribution in [2.75, 3.05) is 5.32 Å². The molecule has 0 fully saturated rings. The molecule has 0 spiro atoms. The summed E-state index contributed by atoms with van der Waals surface area (Å²) in [5.41, 5.74) is 0.409. The first-order valence-electron chi connectivity index (χ1n) is 9.79. The van der Waals surface area contributed by atoms with Crippen molar-refractivity contribution < 1.29 is 22.7 Å². The number of halogens is 5. The van der Waals surface area contributed by atoms with Gasteiger partial charge >= 0.3 is 6.18 Å². The van der Waals surface area contributed by atoms with E-state index in [9.17, 15) is 18.0 Å². The SMILES string of the molecule is O=C(Nc1cnn(Cc2c(Cl)cccc2Cl)c1)c1ccn(COc2cccc(C(F)(F)F)c2)n1. The molecule has 0 radical (unpaired) electrons. The fourth-order valence-electron chi connectivity index (χ4n) is 3.01. The first-order valence-corrected chi connectivity index (χ1v) is 10.5. The summed E-state index contributed by atoms with van der Waals surface area (Å²) in [6.07, 6.45) is 0.0940. The van der Waals surface area contributed by atoms with Gasteiger partial charge in [-0.25, -0.2) is 4.68 Å². The molecule has 7 nitrogen and oxygen atoms in total. The lowest BCUT2D eigenvalue weighted by Crippen LogP contribution is -2.14. The molecule has 2 heterocycles. The highest BCUT2D eigenvalue weighted by molar-refractivity contribution is 6.35. The largest absolute Gasteiger partial charge is 0.471 e. The standard InChI is InChI=1S/C22H16Cl2F3N5O2/c23-18-5-2-6-19(24)17(18)12-32-11-15(10-28-32)29-21(33)20-7-8-31(30-20)13-34-16-4-1-3-14(9-16)22(25,26)27/h1-11H,12-13H2,(H,29,33).